The molecule has 120 valence electrons. The van der Waals surface area contributed by atoms with Gasteiger partial charge in [-0.3, -0.25) is 4.79 Å². The van der Waals surface area contributed by atoms with Crippen molar-refractivity contribution in [3.05, 3.63) is 58.7 Å². The van der Waals surface area contributed by atoms with E-state index in [0.29, 0.717) is 5.75 Å². The van der Waals surface area contributed by atoms with Crippen LogP contribution in [0.3, 0.4) is 0 Å². The summed E-state index contributed by atoms with van der Waals surface area (Å²) >= 11 is 0. The molecule has 0 aliphatic carbocycles. The monoisotopic (exact) mass is 312 g/mol. The van der Waals surface area contributed by atoms with E-state index in [1.54, 1.807) is 12.1 Å². The van der Waals surface area contributed by atoms with Crippen molar-refractivity contribution in [2.45, 2.75) is 13.8 Å². The Morgan fingerprint density at radius 1 is 1.09 bits per heavy atom. The van der Waals surface area contributed by atoms with Crippen molar-refractivity contribution in [1.82, 2.24) is 0 Å². The number of carbonyl (C=O) groups is 1. The fraction of sp³-hybridized carbons (Fsp3) is 0.211. The van der Waals surface area contributed by atoms with Crippen LogP contribution in [-0.2, 0) is 0 Å². The minimum Gasteiger partial charge on any atom is -0.507 e. The van der Waals surface area contributed by atoms with Gasteiger partial charge in [-0.2, -0.15) is 0 Å². The smallest absolute Gasteiger partial charge is 0.193 e. The average molecular weight is 312 g/mol. The summed E-state index contributed by atoms with van der Waals surface area (Å²) in [5.74, 6) is 0.203. The molecule has 0 aliphatic heterocycles. The summed E-state index contributed by atoms with van der Waals surface area (Å²) in [6, 6.07) is 8.91. The van der Waals surface area contributed by atoms with Crippen molar-refractivity contribution < 1.29 is 19.4 Å². The Morgan fingerprint density at radius 2 is 1.74 bits per heavy atom. The van der Waals surface area contributed by atoms with E-state index >= 15 is 0 Å². The molecular weight excluding hydrogens is 292 g/mol. The number of ether oxygens (including phenoxy) is 2. The Kier molecular flexibility index (Phi) is 5.06. The highest BCUT2D eigenvalue weighted by Gasteiger charge is 2.17. The summed E-state index contributed by atoms with van der Waals surface area (Å²) in [7, 11) is 2.93. The second kappa shape index (κ2) is 7.01. The lowest BCUT2D eigenvalue weighted by Crippen LogP contribution is -2.01. The van der Waals surface area contributed by atoms with Crippen LogP contribution in [0.5, 0.6) is 17.2 Å². The van der Waals surface area contributed by atoms with Gasteiger partial charge in [0.1, 0.15) is 22.8 Å². The second-order valence-electron chi connectivity index (χ2n) is 5.23. The first-order valence-corrected chi connectivity index (χ1v) is 7.21. The van der Waals surface area contributed by atoms with Gasteiger partial charge < -0.3 is 14.6 Å². The molecule has 0 aliphatic rings. The second-order valence-corrected chi connectivity index (χ2v) is 5.23. The van der Waals surface area contributed by atoms with Gasteiger partial charge in [-0.1, -0.05) is 24.3 Å². The largest absolute Gasteiger partial charge is 0.507 e. The van der Waals surface area contributed by atoms with Crippen molar-refractivity contribution in [1.29, 1.82) is 0 Å². The van der Waals surface area contributed by atoms with Gasteiger partial charge in [-0.15, -0.1) is 0 Å². The number of allylic oxidation sites excluding steroid dienone is 1. The molecule has 2 aromatic rings. The number of methoxy groups -OCH3 is 2. The highest BCUT2D eigenvalue weighted by atomic mass is 16.5. The third kappa shape index (κ3) is 3.54. The van der Waals surface area contributed by atoms with Crippen molar-refractivity contribution >= 4 is 11.9 Å². The number of carbonyl (C=O) groups excluding carboxylic acids is 1. The van der Waals surface area contributed by atoms with Crippen LogP contribution in [0.4, 0.5) is 0 Å². The molecule has 1 N–H and O–H groups in total. The van der Waals surface area contributed by atoms with Gasteiger partial charge in [0, 0.05) is 12.1 Å². The van der Waals surface area contributed by atoms with Crippen LogP contribution in [0.15, 0.2) is 36.4 Å². The maximum absolute atomic E-state index is 12.5. The number of hydrogen-bond donors (Lipinski definition) is 1. The zero-order valence-electron chi connectivity index (χ0n) is 13.7. The minimum atomic E-state index is -0.329. The number of benzene rings is 2. The predicted octanol–water partition coefficient (Wildman–Crippen LogP) is 3.92. The van der Waals surface area contributed by atoms with Gasteiger partial charge >= 0.3 is 0 Å². The summed E-state index contributed by atoms with van der Waals surface area (Å²) in [5, 5.41) is 10.1. The third-order valence-corrected chi connectivity index (χ3v) is 3.70. The fourth-order valence-corrected chi connectivity index (χ4v) is 2.44. The Labute approximate surface area is 136 Å². The van der Waals surface area contributed by atoms with E-state index in [4.69, 9.17) is 9.47 Å². The molecule has 0 bridgehead atoms. The maximum Gasteiger partial charge on any atom is 0.193 e. The molecular formula is C19H20O4. The molecule has 0 saturated carbocycles. The van der Waals surface area contributed by atoms with Crippen LogP contribution < -0.4 is 9.47 Å². The molecule has 0 spiro atoms. The van der Waals surface area contributed by atoms with Crippen LogP contribution >= 0.6 is 0 Å². The van der Waals surface area contributed by atoms with Crippen molar-refractivity contribution in [3.8, 4) is 17.2 Å². The quantitative estimate of drug-likeness (QED) is 0.671. The first kappa shape index (κ1) is 16.6. The summed E-state index contributed by atoms with van der Waals surface area (Å²) < 4.78 is 10.3. The van der Waals surface area contributed by atoms with Crippen LogP contribution in [-0.4, -0.2) is 25.1 Å². The molecule has 0 fully saturated rings. The van der Waals surface area contributed by atoms with Crippen molar-refractivity contribution in [3.63, 3.8) is 0 Å². The molecule has 2 aromatic carbocycles. The molecule has 0 amide bonds. The number of phenolic OH excluding ortho intramolecular Hbond substituents is 1. The highest BCUT2D eigenvalue weighted by Crippen LogP contribution is 2.34. The number of ketones is 1. The summed E-state index contributed by atoms with van der Waals surface area (Å²) in [6.07, 6.45) is 3.20. The molecule has 0 saturated heterocycles. The molecule has 4 nitrogen and oxygen atoms in total. The van der Waals surface area contributed by atoms with Gasteiger partial charge in [0.25, 0.3) is 0 Å². The van der Waals surface area contributed by atoms with Gasteiger partial charge in [0.2, 0.25) is 0 Å². The third-order valence-electron chi connectivity index (χ3n) is 3.70. The van der Waals surface area contributed by atoms with Gasteiger partial charge in [-0.05, 0) is 36.6 Å². The lowest BCUT2D eigenvalue weighted by molar-refractivity contribution is 0.104. The van der Waals surface area contributed by atoms with E-state index in [9.17, 15) is 9.90 Å². The summed E-state index contributed by atoms with van der Waals surface area (Å²) in [5.41, 5.74) is 3.28. The molecule has 23 heavy (non-hydrogen) atoms. The molecule has 0 heterocycles. The molecule has 2 rings (SSSR count). The molecule has 4 heteroatoms. The zero-order chi connectivity index (χ0) is 17.0. The van der Waals surface area contributed by atoms with Crippen LogP contribution in [0.2, 0.25) is 0 Å². The van der Waals surface area contributed by atoms with E-state index in [1.807, 2.05) is 32.0 Å². The van der Waals surface area contributed by atoms with Crippen LogP contribution in [0.1, 0.15) is 27.0 Å². The highest BCUT2D eigenvalue weighted by molar-refractivity contribution is 6.10. The number of aromatic hydroxyl groups is 1. The fourth-order valence-electron chi connectivity index (χ4n) is 2.44. The SMILES string of the molecule is COc1cc(O)c(C(=O)/C=C/c2c(C)cccc2C)c(OC)c1. The average Bonchev–Trinajstić information content (AvgIpc) is 2.53. The van der Waals surface area contributed by atoms with E-state index in [0.717, 1.165) is 16.7 Å². The van der Waals surface area contributed by atoms with Crippen molar-refractivity contribution in [2.24, 2.45) is 0 Å². The van der Waals surface area contributed by atoms with Gasteiger partial charge in [0.05, 0.1) is 14.2 Å². The zero-order valence-corrected chi connectivity index (χ0v) is 13.7. The van der Waals surface area contributed by atoms with E-state index < -0.39 is 0 Å². The Morgan fingerprint density at radius 3 is 2.30 bits per heavy atom. The Bertz CT molecular complexity index is 740. The normalized spacial score (nSPS) is 10.8. The van der Waals surface area contributed by atoms with E-state index in [2.05, 4.69) is 0 Å². The molecule has 0 unspecified atom stereocenters. The number of rotatable bonds is 5. The summed E-state index contributed by atoms with van der Waals surface area (Å²) in [6.45, 7) is 3.98. The molecule has 0 radical (unpaired) electrons. The Balaban J connectivity index is 2.40. The summed E-state index contributed by atoms with van der Waals surface area (Å²) in [4.78, 5) is 12.5. The number of aryl methyl sites for hydroxylation is 2. The minimum absolute atomic E-state index is 0.121. The van der Waals surface area contributed by atoms with Crippen LogP contribution in [0, 0.1) is 13.8 Å². The first-order chi connectivity index (χ1) is 11.0. The maximum atomic E-state index is 12.5. The molecule has 0 atom stereocenters. The first-order valence-electron chi connectivity index (χ1n) is 7.21. The molecule has 0 aromatic heterocycles. The van der Waals surface area contributed by atoms with E-state index in [-0.39, 0.29) is 22.8 Å². The van der Waals surface area contributed by atoms with Crippen molar-refractivity contribution in [2.75, 3.05) is 14.2 Å². The Hall–Kier alpha value is -2.75. The number of hydrogen-bond acceptors (Lipinski definition) is 4. The van der Waals surface area contributed by atoms with Gasteiger partial charge in [-0.25, -0.2) is 0 Å². The standard InChI is InChI=1S/C19H20O4/c1-12-6-5-7-13(2)15(12)8-9-16(20)19-17(21)10-14(22-3)11-18(19)23-4/h5-11,21H,1-4H3/b9-8+. The topological polar surface area (TPSA) is 55.8 Å². The lowest BCUT2D eigenvalue weighted by Gasteiger charge is -2.10. The van der Waals surface area contributed by atoms with Crippen LogP contribution in [0.25, 0.3) is 6.08 Å². The van der Waals surface area contributed by atoms with E-state index in [1.165, 1.54) is 26.4 Å². The predicted molar refractivity (Wildman–Crippen MR) is 90.5 cm³/mol. The lowest BCUT2D eigenvalue weighted by atomic mass is 10.0. The number of phenols is 1. The van der Waals surface area contributed by atoms with Gasteiger partial charge in [0.15, 0.2) is 5.78 Å².